The van der Waals surface area contributed by atoms with Gasteiger partial charge < -0.3 is 14.6 Å². The van der Waals surface area contributed by atoms with Crippen LogP contribution in [0.5, 0.6) is 0 Å². The van der Waals surface area contributed by atoms with Crippen molar-refractivity contribution < 1.29 is 18.0 Å². The van der Waals surface area contributed by atoms with Gasteiger partial charge in [0.1, 0.15) is 5.82 Å². The lowest BCUT2D eigenvalue weighted by Gasteiger charge is -2.32. The molecule has 0 bridgehead atoms. The molecule has 9 heteroatoms. The van der Waals surface area contributed by atoms with E-state index in [0.717, 1.165) is 38.9 Å². The van der Waals surface area contributed by atoms with E-state index in [9.17, 15) is 9.18 Å². The largest absolute Gasteiger partial charge is 0.418 e. The number of alkyl halides is 1. The van der Waals surface area contributed by atoms with E-state index >= 15 is 4.39 Å². The first-order chi connectivity index (χ1) is 20.0. The number of halogens is 2. The second kappa shape index (κ2) is 13.5. The smallest absolute Gasteiger partial charge is 0.322 e. The van der Waals surface area contributed by atoms with E-state index in [1.807, 2.05) is 30.3 Å². The van der Waals surface area contributed by atoms with Gasteiger partial charge in [0, 0.05) is 29.9 Å². The molecular formula is C32H35F2N5O2. The quantitative estimate of drug-likeness (QED) is 0.238. The highest BCUT2D eigenvalue weighted by Crippen LogP contribution is 2.26. The number of benzene rings is 3. The van der Waals surface area contributed by atoms with Crippen LogP contribution in [0.2, 0.25) is 0 Å². The summed E-state index contributed by atoms with van der Waals surface area (Å²) in [6.45, 7) is 4.61. The molecular weight excluding hydrogens is 524 g/mol. The van der Waals surface area contributed by atoms with Gasteiger partial charge in [-0.1, -0.05) is 54.6 Å². The van der Waals surface area contributed by atoms with Crippen LogP contribution in [0.1, 0.15) is 43.0 Å². The SMILES string of the molecule is CC(F)c1nnc(-c2ccc(CN(C(=O)NCCN3CCC(Cc4ccccc4)CC3)c3ccccc3)c(F)c2)o1. The number of hydrogen-bond acceptors (Lipinski definition) is 5. The maximum atomic E-state index is 15.2. The average molecular weight is 560 g/mol. The Morgan fingerprint density at radius 1 is 1.05 bits per heavy atom. The molecule has 0 aliphatic carbocycles. The summed E-state index contributed by atoms with van der Waals surface area (Å²) in [7, 11) is 0. The summed E-state index contributed by atoms with van der Waals surface area (Å²) >= 11 is 0. The van der Waals surface area contributed by atoms with Crippen LogP contribution in [-0.4, -0.2) is 47.3 Å². The van der Waals surface area contributed by atoms with Crippen LogP contribution in [0.4, 0.5) is 19.3 Å². The minimum absolute atomic E-state index is 0.0312. The Morgan fingerprint density at radius 2 is 1.76 bits per heavy atom. The van der Waals surface area contributed by atoms with Crippen molar-refractivity contribution in [1.29, 1.82) is 0 Å². The van der Waals surface area contributed by atoms with Gasteiger partial charge in [-0.15, -0.1) is 10.2 Å². The van der Waals surface area contributed by atoms with E-state index < -0.39 is 12.0 Å². The van der Waals surface area contributed by atoms with Crippen molar-refractivity contribution in [2.45, 2.75) is 38.9 Å². The first-order valence-electron chi connectivity index (χ1n) is 14.1. The fourth-order valence-corrected chi connectivity index (χ4v) is 5.16. The van der Waals surface area contributed by atoms with Crippen molar-refractivity contribution in [3.05, 3.63) is 102 Å². The van der Waals surface area contributed by atoms with Crippen molar-refractivity contribution in [3.8, 4) is 11.5 Å². The second-order valence-electron chi connectivity index (χ2n) is 10.5. The number of piperidine rings is 1. The number of carbonyl (C=O) groups is 1. The fourth-order valence-electron chi connectivity index (χ4n) is 5.16. The van der Waals surface area contributed by atoms with Crippen LogP contribution < -0.4 is 10.2 Å². The molecule has 0 spiro atoms. The monoisotopic (exact) mass is 559 g/mol. The van der Waals surface area contributed by atoms with Crippen molar-refractivity contribution in [2.75, 3.05) is 31.1 Å². The number of likely N-dealkylation sites (tertiary alicyclic amines) is 1. The molecule has 3 aromatic carbocycles. The first-order valence-corrected chi connectivity index (χ1v) is 14.1. The molecule has 1 aliphatic rings. The normalized spacial score (nSPS) is 15.0. The molecule has 0 saturated carbocycles. The Kier molecular flexibility index (Phi) is 9.36. The minimum Gasteiger partial charge on any atom is -0.418 e. The predicted octanol–water partition coefficient (Wildman–Crippen LogP) is 6.58. The lowest BCUT2D eigenvalue weighted by Crippen LogP contribution is -2.44. The molecule has 1 saturated heterocycles. The van der Waals surface area contributed by atoms with Gasteiger partial charge in [0.2, 0.25) is 5.89 Å². The first kappa shape index (κ1) is 28.4. The number of anilines is 1. The van der Waals surface area contributed by atoms with Gasteiger partial charge in [-0.25, -0.2) is 13.6 Å². The molecule has 2 heterocycles. The van der Waals surface area contributed by atoms with E-state index in [-0.39, 0.29) is 24.4 Å². The van der Waals surface area contributed by atoms with E-state index in [1.54, 1.807) is 12.1 Å². The Hall–Kier alpha value is -4.11. The van der Waals surface area contributed by atoms with Crippen LogP contribution in [0.25, 0.3) is 11.5 Å². The molecule has 1 atom stereocenters. The summed E-state index contributed by atoms with van der Waals surface area (Å²) in [5, 5.41) is 10.5. The van der Waals surface area contributed by atoms with E-state index in [0.29, 0.717) is 29.3 Å². The Bertz CT molecular complexity index is 1410. The third-order valence-corrected chi connectivity index (χ3v) is 7.50. The van der Waals surface area contributed by atoms with Crippen molar-refractivity contribution >= 4 is 11.7 Å². The van der Waals surface area contributed by atoms with Gasteiger partial charge in [0.05, 0.1) is 6.54 Å². The Balaban J connectivity index is 1.17. The minimum atomic E-state index is -1.41. The molecule has 214 valence electrons. The van der Waals surface area contributed by atoms with Crippen LogP contribution in [0.3, 0.4) is 0 Å². The zero-order valence-corrected chi connectivity index (χ0v) is 23.2. The number of aromatic nitrogens is 2. The molecule has 7 nitrogen and oxygen atoms in total. The number of para-hydroxylation sites is 1. The molecule has 1 aliphatic heterocycles. The third-order valence-electron chi connectivity index (χ3n) is 7.50. The zero-order chi connectivity index (χ0) is 28.6. The van der Waals surface area contributed by atoms with Crippen LogP contribution >= 0.6 is 0 Å². The third kappa shape index (κ3) is 7.55. The highest BCUT2D eigenvalue weighted by atomic mass is 19.1. The summed E-state index contributed by atoms with van der Waals surface area (Å²) < 4.78 is 33.9. The fraction of sp³-hybridized carbons (Fsp3) is 0.344. The van der Waals surface area contributed by atoms with E-state index in [1.165, 1.54) is 23.5 Å². The Labute approximate surface area is 239 Å². The molecule has 2 amide bonds. The average Bonchev–Trinajstić information content (AvgIpc) is 3.49. The van der Waals surface area contributed by atoms with Crippen molar-refractivity contribution in [1.82, 2.24) is 20.4 Å². The highest BCUT2D eigenvalue weighted by molar-refractivity contribution is 5.91. The van der Waals surface area contributed by atoms with E-state index in [2.05, 4.69) is 50.7 Å². The number of amides is 2. The summed E-state index contributed by atoms with van der Waals surface area (Å²) in [5.41, 5.74) is 2.72. The van der Waals surface area contributed by atoms with Gasteiger partial charge in [-0.2, -0.15) is 0 Å². The maximum Gasteiger partial charge on any atom is 0.322 e. The summed E-state index contributed by atoms with van der Waals surface area (Å²) in [6.07, 6.45) is 1.99. The molecule has 1 fully saturated rings. The lowest BCUT2D eigenvalue weighted by molar-refractivity contribution is 0.184. The van der Waals surface area contributed by atoms with Crippen molar-refractivity contribution in [3.63, 3.8) is 0 Å². The number of carbonyl (C=O) groups excluding carboxylic acids is 1. The van der Waals surface area contributed by atoms with Gasteiger partial charge in [-0.3, -0.25) is 4.90 Å². The van der Waals surface area contributed by atoms with Crippen LogP contribution in [0.15, 0.2) is 83.3 Å². The number of rotatable bonds is 10. The zero-order valence-electron chi connectivity index (χ0n) is 23.2. The van der Waals surface area contributed by atoms with Crippen LogP contribution in [0, 0.1) is 11.7 Å². The number of nitrogens with zero attached hydrogens (tertiary/aromatic N) is 4. The highest BCUT2D eigenvalue weighted by Gasteiger charge is 2.22. The van der Waals surface area contributed by atoms with Gasteiger partial charge in [0.15, 0.2) is 6.17 Å². The van der Waals surface area contributed by atoms with Crippen LogP contribution in [-0.2, 0) is 13.0 Å². The summed E-state index contributed by atoms with van der Waals surface area (Å²) in [6, 6.07) is 24.0. The summed E-state index contributed by atoms with van der Waals surface area (Å²) in [5.74, 6) is 0.0413. The molecule has 4 aromatic rings. The molecule has 5 rings (SSSR count). The standard InChI is InChI=1S/C32H35F2N5O2/c1-23(33)30-36-37-31(41-30)26-12-13-27(29(34)21-26)22-39(28-10-6-3-7-11-28)32(40)35-16-19-38-17-14-25(15-18-38)20-24-8-4-2-5-9-24/h2-13,21,23,25H,14-20,22H2,1H3,(H,35,40). The second-order valence-corrected chi connectivity index (χ2v) is 10.5. The number of hydrogen-bond donors (Lipinski definition) is 1. The van der Waals surface area contributed by atoms with Gasteiger partial charge in [-0.05, 0) is 75.0 Å². The lowest BCUT2D eigenvalue weighted by atomic mass is 9.90. The maximum absolute atomic E-state index is 15.2. The number of nitrogens with one attached hydrogen (secondary N) is 1. The Morgan fingerprint density at radius 3 is 2.41 bits per heavy atom. The topological polar surface area (TPSA) is 74.5 Å². The van der Waals surface area contributed by atoms with Crippen molar-refractivity contribution in [2.24, 2.45) is 5.92 Å². The molecule has 1 aromatic heterocycles. The molecule has 41 heavy (non-hydrogen) atoms. The van der Waals surface area contributed by atoms with Gasteiger partial charge in [0.25, 0.3) is 5.89 Å². The predicted molar refractivity (Wildman–Crippen MR) is 155 cm³/mol. The molecule has 0 radical (unpaired) electrons. The number of urea groups is 1. The summed E-state index contributed by atoms with van der Waals surface area (Å²) in [4.78, 5) is 17.2. The molecule has 1 N–H and O–H groups in total. The van der Waals surface area contributed by atoms with E-state index in [4.69, 9.17) is 4.42 Å². The molecule has 1 unspecified atom stereocenters. The van der Waals surface area contributed by atoms with Gasteiger partial charge >= 0.3 is 6.03 Å².